The molecule has 0 bridgehead atoms. The summed E-state index contributed by atoms with van der Waals surface area (Å²) in [6, 6.07) is 11.3. The Hall–Kier alpha value is -3.62. The highest BCUT2D eigenvalue weighted by molar-refractivity contribution is 5.93. The van der Waals surface area contributed by atoms with Crippen LogP contribution in [0, 0.1) is 0 Å². The fourth-order valence-corrected chi connectivity index (χ4v) is 2.90. The number of hydrogen-bond donors (Lipinski definition) is 2. The van der Waals surface area contributed by atoms with Crippen molar-refractivity contribution in [3.63, 3.8) is 0 Å². The Kier molecular flexibility index (Phi) is 6.38. The Labute approximate surface area is 174 Å². The van der Waals surface area contributed by atoms with Crippen molar-refractivity contribution >= 4 is 11.6 Å². The molecule has 0 unspecified atom stereocenters. The van der Waals surface area contributed by atoms with Crippen molar-refractivity contribution in [3.05, 3.63) is 48.4 Å². The van der Waals surface area contributed by atoms with E-state index < -0.39 is 0 Å². The van der Waals surface area contributed by atoms with E-state index in [-0.39, 0.29) is 0 Å². The molecular formula is C21H24N6O3. The number of guanidine groups is 1. The van der Waals surface area contributed by atoms with Crippen molar-refractivity contribution in [1.82, 2.24) is 20.4 Å². The molecule has 0 atom stereocenters. The van der Waals surface area contributed by atoms with Gasteiger partial charge in [-0.3, -0.25) is 9.98 Å². The summed E-state index contributed by atoms with van der Waals surface area (Å²) in [5.74, 6) is 3.17. The lowest BCUT2D eigenvalue weighted by Crippen LogP contribution is -2.31. The Balaban J connectivity index is 1.38. The van der Waals surface area contributed by atoms with Gasteiger partial charge < -0.3 is 24.6 Å². The maximum Gasteiger partial charge on any atom is 0.276 e. The Morgan fingerprint density at radius 1 is 1.13 bits per heavy atom. The van der Waals surface area contributed by atoms with E-state index in [9.17, 15) is 0 Å². The zero-order valence-corrected chi connectivity index (χ0v) is 16.8. The summed E-state index contributed by atoms with van der Waals surface area (Å²) in [4.78, 5) is 13.2. The number of fused-ring (bicyclic) bond motifs is 1. The molecule has 1 aliphatic rings. The summed E-state index contributed by atoms with van der Waals surface area (Å²) < 4.78 is 16.7. The fourth-order valence-electron chi connectivity index (χ4n) is 2.90. The number of pyridine rings is 1. The van der Waals surface area contributed by atoms with Crippen molar-refractivity contribution in [2.24, 2.45) is 4.99 Å². The Morgan fingerprint density at radius 3 is 2.87 bits per heavy atom. The molecule has 156 valence electrons. The van der Waals surface area contributed by atoms with Crippen LogP contribution >= 0.6 is 0 Å². The average Bonchev–Trinajstić information content (AvgIpc) is 3.12. The molecule has 0 aliphatic carbocycles. The van der Waals surface area contributed by atoms with Gasteiger partial charge in [-0.05, 0) is 31.2 Å². The molecule has 4 rings (SSSR count). The number of aromatic nitrogens is 3. The van der Waals surface area contributed by atoms with E-state index in [1.165, 1.54) is 0 Å². The standard InChI is InChI=1S/C21H24N6O3/c1-2-22-21(25-15-7-8-17-18(14-15)29-13-5-12-28-17)24-11-9-19-26-20(30-27-19)16-6-3-4-10-23-16/h3-4,6-8,10,14H,2,5,9,11-13H2,1H3,(H2,22,24,25). The predicted molar refractivity (Wildman–Crippen MR) is 113 cm³/mol. The van der Waals surface area contributed by atoms with Crippen LogP contribution in [0.25, 0.3) is 11.6 Å². The summed E-state index contributed by atoms with van der Waals surface area (Å²) in [7, 11) is 0. The van der Waals surface area contributed by atoms with Gasteiger partial charge in [-0.15, -0.1) is 0 Å². The number of rotatable bonds is 6. The lowest BCUT2D eigenvalue weighted by Gasteiger charge is -2.13. The summed E-state index contributed by atoms with van der Waals surface area (Å²) >= 11 is 0. The molecule has 30 heavy (non-hydrogen) atoms. The van der Waals surface area contributed by atoms with Crippen molar-refractivity contribution in [2.45, 2.75) is 19.8 Å². The van der Waals surface area contributed by atoms with Gasteiger partial charge in [0.2, 0.25) is 0 Å². The first-order valence-corrected chi connectivity index (χ1v) is 10.0. The van der Waals surface area contributed by atoms with Gasteiger partial charge in [0.1, 0.15) is 5.69 Å². The monoisotopic (exact) mass is 408 g/mol. The molecule has 2 N–H and O–H groups in total. The highest BCUT2D eigenvalue weighted by Gasteiger charge is 2.12. The summed E-state index contributed by atoms with van der Waals surface area (Å²) in [6.45, 7) is 4.57. The molecule has 0 saturated heterocycles. The van der Waals surface area contributed by atoms with Gasteiger partial charge in [0.05, 0.1) is 13.2 Å². The first kappa shape index (κ1) is 19.7. The highest BCUT2D eigenvalue weighted by atomic mass is 16.5. The predicted octanol–water partition coefficient (Wildman–Crippen LogP) is 2.91. The number of nitrogens with one attached hydrogen (secondary N) is 2. The van der Waals surface area contributed by atoms with Crippen LogP contribution in [0.5, 0.6) is 11.5 Å². The third-order valence-electron chi connectivity index (χ3n) is 4.31. The van der Waals surface area contributed by atoms with E-state index >= 15 is 0 Å². The normalized spacial score (nSPS) is 13.6. The van der Waals surface area contributed by atoms with Crippen LogP contribution < -0.4 is 20.1 Å². The molecule has 2 aromatic heterocycles. The smallest absolute Gasteiger partial charge is 0.276 e. The van der Waals surface area contributed by atoms with E-state index in [1.807, 2.05) is 43.3 Å². The SMILES string of the molecule is CCNC(=NCCc1noc(-c2ccccn2)n1)Nc1ccc2c(c1)OCCCO2. The minimum Gasteiger partial charge on any atom is -0.490 e. The molecule has 9 nitrogen and oxygen atoms in total. The first-order chi connectivity index (χ1) is 14.8. The summed E-state index contributed by atoms with van der Waals surface area (Å²) in [6.07, 6.45) is 3.12. The zero-order chi connectivity index (χ0) is 20.6. The number of nitrogens with zero attached hydrogens (tertiary/aromatic N) is 4. The summed E-state index contributed by atoms with van der Waals surface area (Å²) in [5, 5.41) is 10.5. The van der Waals surface area contributed by atoms with Crippen LogP contribution in [0.4, 0.5) is 5.69 Å². The van der Waals surface area contributed by atoms with Crippen molar-refractivity contribution < 1.29 is 14.0 Å². The van der Waals surface area contributed by atoms with Gasteiger partial charge in [-0.2, -0.15) is 4.98 Å². The van der Waals surface area contributed by atoms with Gasteiger partial charge in [-0.1, -0.05) is 11.2 Å². The second-order valence-corrected chi connectivity index (χ2v) is 6.58. The first-order valence-electron chi connectivity index (χ1n) is 10.0. The van der Waals surface area contributed by atoms with Gasteiger partial charge in [0.15, 0.2) is 23.3 Å². The number of anilines is 1. The Morgan fingerprint density at radius 2 is 2.03 bits per heavy atom. The maximum atomic E-state index is 5.75. The average molecular weight is 408 g/mol. The van der Waals surface area contributed by atoms with Crippen LogP contribution in [0.15, 0.2) is 52.1 Å². The molecule has 0 radical (unpaired) electrons. The van der Waals surface area contributed by atoms with Crippen LogP contribution in [0.3, 0.4) is 0 Å². The minimum absolute atomic E-state index is 0.409. The van der Waals surface area contributed by atoms with Crippen LogP contribution in [0.2, 0.25) is 0 Å². The van der Waals surface area contributed by atoms with Crippen LogP contribution in [-0.2, 0) is 6.42 Å². The van der Waals surface area contributed by atoms with Crippen LogP contribution in [0.1, 0.15) is 19.2 Å². The number of hydrogen-bond acceptors (Lipinski definition) is 7. The molecule has 0 saturated carbocycles. The second-order valence-electron chi connectivity index (χ2n) is 6.58. The maximum absolute atomic E-state index is 5.75. The molecular weight excluding hydrogens is 384 g/mol. The van der Waals surface area contributed by atoms with Gasteiger partial charge in [0.25, 0.3) is 5.89 Å². The number of aliphatic imine (C=N–C) groups is 1. The Bertz CT molecular complexity index is 989. The van der Waals surface area contributed by atoms with Crippen molar-refractivity contribution in [1.29, 1.82) is 0 Å². The van der Waals surface area contributed by atoms with E-state index in [4.69, 9.17) is 14.0 Å². The molecule has 0 amide bonds. The lowest BCUT2D eigenvalue weighted by molar-refractivity contribution is 0.297. The van der Waals surface area contributed by atoms with Gasteiger partial charge in [-0.25, -0.2) is 0 Å². The van der Waals surface area contributed by atoms with E-state index in [0.717, 1.165) is 30.2 Å². The van der Waals surface area contributed by atoms with Crippen molar-refractivity contribution in [2.75, 3.05) is 31.6 Å². The topological polar surface area (TPSA) is 107 Å². The van der Waals surface area contributed by atoms with E-state index in [0.29, 0.717) is 49.5 Å². The van der Waals surface area contributed by atoms with E-state index in [1.54, 1.807) is 6.20 Å². The molecule has 3 heterocycles. The zero-order valence-electron chi connectivity index (χ0n) is 16.8. The molecule has 1 aliphatic heterocycles. The largest absolute Gasteiger partial charge is 0.490 e. The van der Waals surface area contributed by atoms with Crippen LogP contribution in [-0.4, -0.2) is 47.4 Å². The third-order valence-corrected chi connectivity index (χ3v) is 4.31. The van der Waals surface area contributed by atoms with Gasteiger partial charge >= 0.3 is 0 Å². The van der Waals surface area contributed by atoms with E-state index in [2.05, 4.69) is 30.8 Å². The molecule has 0 spiro atoms. The minimum atomic E-state index is 0.409. The third kappa shape index (κ3) is 5.05. The summed E-state index contributed by atoms with van der Waals surface area (Å²) in [5.41, 5.74) is 1.53. The molecule has 0 fully saturated rings. The van der Waals surface area contributed by atoms with Gasteiger partial charge in [0, 0.05) is 43.9 Å². The van der Waals surface area contributed by atoms with Crippen molar-refractivity contribution in [3.8, 4) is 23.1 Å². The molecule has 9 heteroatoms. The number of benzene rings is 1. The molecule has 1 aromatic carbocycles. The number of ether oxygens (including phenoxy) is 2. The second kappa shape index (κ2) is 9.73. The highest BCUT2D eigenvalue weighted by Crippen LogP contribution is 2.32. The fraction of sp³-hybridized carbons (Fsp3) is 0.333. The lowest BCUT2D eigenvalue weighted by atomic mass is 10.3. The quantitative estimate of drug-likeness (QED) is 0.474. The molecule has 3 aromatic rings.